The van der Waals surface area contributed by atoms with Crippen molar-refractivity contribution in [3.05, 3.63) is 70.1 Å². The summed E-state index contributed by atoms with van der Waals surface area (Å²) in [6.07, 6.45) is 7.99. The molecular formula is C25H28N4O2. The summed E-state index contributed by atoms with van der Waals surface area (Å²) in [6.45, 7) is 9.26. The number of hydrogen-bond donors (Lipinski definition) is 0. The van der Waals surface area contributed by atoms with Crippen LogP contribution in [0.25, 0.3) is 16.5 Å². The normalized spacial score (nSPS) is 24.1. The number of nitrogens with zero attached hydrogens (tertiary/aromatic N) is 4. The molecule has 2 unspecified atom stereocenters. The van der Waals surface area contributed by atoms with Crippen LogP contribution in [-0.2, 0) is 0 Å². The van der Waals surface area contributed by atoms with Crippen molar-refractivity contribution in [1.82, 2.24) is 9.80 Å². The number of aliphatic imine (C=N–C) groups is 1. The summed E-state index contributed by atoms with van der Waals surface area (Å²) < 4.78 is 5.82. The van der Waals surface area contributed by atoms with E-state index in [0.717, 1.165) is 47.7 Å². The molecule has 0 aliphatic carbocycles. The second kappa shape index (κ2) is 7.54. The molecule has 3 aliphatic rings. The van der Waals surface area contributed by atoms with Crippen LogP contribution in [0.4, 0.5) is 5.69 Å². The Hall–Kier alpha value is -3.12. The zero-order chi connectivity index (χ0) is 21.7. The van der Waals surface area contributed by atoms with Gasteiger partial charge < -0.3 is 19.1 Å². The second-order valence-electron chi connectivity index (χ2n) is 8.85. The Bertz CT molecular complexity index is 1220. The Labute approximate surface area is 182 Å². The quantitative estimate of drug-likeness (QED) is 0.691. The van der Waals surface area contributed by atoms with Gasteiger partial charge in [0.15, 0.2) is 0 Å². The first-order valence-corrected chi connectivity index (χ1v) is 10.9. The standard InChI is InChI=1S/C25H28N4O2/c1-16-9-21-12-26-17(2)13-29(21)15-23(16)22-10-19-5-6-20(11-24(19)31-25(22)30)28-8-7-27(4)18(3)14-28/h5-6,9-13,15-16,18H,7-8,14H2,1-4H3. The number of allylic oxidation sites excluding steroid dienone is 4. The van der Waals surface area contributed by atoms with Gasteiger partial charge in [0, 0.05) is 61.1 Å². The van der Waals surface area contributed by atoms with Crippen LogP contribution in [0, 0.1) is 5.92 Å². The molecule has 1 aromatic carbocycles. The lowest BCUT2D eigenvalue weighted by Crippen LogP contribution is -2.50. The van der Waals surface area contributed by atoms with Crippen molar-refractivity contribution in [2.24, 2.45) is 10.9 Å². The van der Waals surface area contributed by atoms with Crippen molar-refractivity contribution in [2.45, 2.75) is 26.8 Å². The lowest BCUT2D eigenvalue weighted by Gasteiger charge is -2.39. The molecule has 1 aromatic heterocycles. The molecule has 4 heterocycles. The topological polar surface area (TPSA) is 52.3 Å². The maximum atomic E-state index is 13.0. The highest BCUT2D eigenvalue weighted by Gasteiger charge is 2.24. The van der Waals surface area contributed by atoms with E-state index in [-0.39, 0.29) is 11.5 Å². The predicted molar refractivity (Wildman–Crippen MR) is 126 cm³/mol. The molecule has 6 heteroatoms. The van der Waals surface area contributed by atoms with Gasteiger partial charge >= 0.3 is 5.63 Å². The number of piperazine rings is 1. The van der Waals surface area contributed by atoms with Crippen LogP contribution >= 0.6 is 0 Å². The van der Waals surface area contributed by atoms with Gasteiger partial charge in [0.05, 0.1) is 23.2 Å². The number of likely N-dealkylation sites (N-methyl/N-ethyl adjacent to an activating group) is 1. The molecular weight excluding hydrogens is 388 g/mol. The van der Waals surface area contributed by atoms with Crippen molar-refractivity contribution in [3.63, 3.8) is 0 Å². The molecule has 160 valence electrons. The average molecular weight is 417 g/mol. The zero-order valence-corrected chi connectivity index (χ0v) is 18.5. The lowest BCUT2D eigenvalue weighted by atomic mass is 9.91. The van der Waals surface area contributed by atoms with Crippen molar-refractivity contribution >= 4 is 28.4 Å². The van der Waals surface area contributed by atoms with Crippen LogP contribution in [0.3, 0.4) is 0 Å². The van der Waals surface area contributed by atoms with Crippen LogP contribution in [0.2, 0.25) is 0 Å². The van der Waals surface area contributed by atoms with E-state index in [1.165, 1.54) is 0 Å². The van der Waals surface area contributed by atoms with Gasteiger partial charge in [0.1, 0.15) is 5.58 Å². The minimum Gasteiger partial charge on any atom is -0.422 e. The molecule has 0 radical (unpaired) electrons. The molecule has 0 bridgehead atoms. The molecule has 0 saturated carbocycles. The van der Waals surface area contributed by atoms with Gasteiger partial charge in [0.2, 0.25) is 0 Å². The smallest absolute Gasteiger partial charge is 0.343 e. The molecule has 0 amide bonds. The number of hydrogen-bond acceptors (Lipinski definition) is 6. The summed E-state index contributed by atoms with van der Waals surface area (Å²) in [5, 5.41) is 0.940. The van der Waals surface area contributed by atoms with Gasteiger partial charge in [-0.2, -0.15) is 0 Å². The second-order valence-corrected chi connectivity index (χ2v) is 8.85. The Kier molecular flexibility index (Phi) is 4.82. The van der Waals surface area contributed by atoms with E-state index in [9.17, 15) is 4.79 Å². The number of fused-ring (bicyclic) bond motifs is 2. The van der Waals surface area contributed by atoms with Gasteiger partial charge in [-0.3, -0.25) is 4.99 Å². The van der Waals surface area contributed by atoms with E-state index in [4.69, 9.17) is 4.42 Å². The lowest BCUT2D eigenvalue weighted by molar-refractivity contribution is 0.234. The third-order valence-corrected chi connectivity index (χ3v) is 6.57. The fourth-order valence-electron chi connectivity index (χ4n) is 4.49. The minimum atomic E-state index is -0.294. The van der Waals surface area contributed by atoms with Gasteiger partial charge in [0.25, 0.3) is 0 Å². The van der Waals surface area contributed by atoms with Crippen molar-refractivity contribution in [1.29, 1.82) is 0 Å². The van der Waals surface area contributed by atoms with Crippen LogP contribution in [0.5, 0.6) is 0 Å². The molecule has 1 fully saturated rings. The first-order chi connectivity index (χ1) is 14.9. The van der Waals surface area contributed by atoms with Crippen molar-refractivity contribution < 1.29 is 4.42 Å². The molecule has 2 aromatic rings. The van der Waals surface area contributed by atoms with E-state index < -0.39 is 0 Å². The monoisotopic (exact) mass is 416 g/mol. The highest BCUT2D eigenvalue weighted by atomic mass is 16.4. The molecule has 1 saturated heterocycles. The fourth-order valence-corrected chi connectivity index (χ4v) is 4.49. The van der Waals surface area contributed by atoms with Crippen LogP contribution < -0.4 is 10.5 Å². The Morgan fingerprint density at radius 1 is 1.13 bits per heavy atom. The van der Waals surface area contributed by atoms with Gasteiger partial charge in [-0.1, -0.05) is 13.0 Å². The van der Waals surface area contributed by atoms with Crippen LogP contribution in [-0.4, -0.2) is 48.7 Å². The van der Waals surface area contributed by atoms with Crippen LogP contribution in [0.15, 0.2) is 68.3 Å². The van der Waals surface area contributed by atoms with Gasteiger partial charge in [-0.15, -0.1) is 0 Å². The highest BCUT2D eigenvalue weighted by molar-refractivity contribution is 5.87. The fraction of sp³-hybridized carbons (Fsp3) is 0.360. The number of anilines is 1. The molecule has 0 spiro atoms. The SMILES string of the molecule is CC1=CN2C=C(c3cc4ccc(N5CCN(C)C(C)C5)cc4oc3=O)C(C)C=C2C=N1. The largest absolute Gasteiger partial charge is 0.422 e. The summed E-state index contributed by atoms with van der Waals surface area (Å²) in [5.74, 6) is 0.0935. The maximum absolute atomic E-state index is 13.0. The third-order valence-electron chi connectivity index (χ3n) is 6.57. The molecule has 31 heavy (non-hydrogen) atoms. The zero-order valence-electron chi connectivity index (χ0n) is 18.5. The van der Waals surface area contributed by atoms with Crippen molar-refractivity contribution in [2.75, 3.05) is 31.6 Å². The minimum absolute atomic E-state index is 0.0935. The van der Waals surface area contributed by atoms with E-state index in [0.29, 0.717) is 17.2 Å². The summed E-state index contributed by atoms with van der Waals surface area (Å²) in [6, 6.07) is 8.66. The van der Waals surface area contributed by atoms with Gasteiger partial charge in [-0.05, 0) is 44.7 Å². The Morgan fingerprint density at radius 3 is 2.77 bits per heavy atom. The van der Waals surface area contributed by atoms with E-state index in [2.05, 4.69) is 53.9 Å². The Morgan fingerprint density at radius 2 is 1.97 bits per heavy atom. The molecule has 3 aliphatic heterocycles. The molecule has 0 N–H and O–H groups in total. The molecule has 5 rings (SSSR count). The summed E-state index contributed by atoms with van der Waals surface area (Å²) in [5.41, 5.74) is 4.98. The predicted octanol–water partition coefficient (Wildman–Crippen LogP) is 4.06. The average Bonchev–Trinajstić information content (AvgIpc) is 2.75. The third kappa shape index (κ3) is 3.61. The first kappa shape index (κ1) is 19.8. The van der Waals surface area contributed by atoms with E-state index in [1.54, 1.807) is 0 Å². The van der Waals surface area contributed by atoms with E-state index in [1.807, 2.05) is 42.6 Å². The summed E-state index contributed by atoms with van der Waals surface area (Å²) in [7, 11) is 2.16. The van der Waals surface area contributed by atoms with E-state index >= 15 is 0 Å². The van der Waals surface area contributed by atoms with Crippen molar-refractivity contribution in [3.8, 4) is 0 Å². The summed E-state index contributed by atoms with van der Waals surface area (Å²) >= 11 is 0. The first-order valence-electron chi connectivity index (χ1n) is 10.9. The highest BCUT2D eigenvalue weighted by Crippen LogP contribution is 2.33. The summed E-state index contributed by atoms with van der Waals surface area (Å²) in [4.78, 5) is 24.1. The Balaban J connectivity index is 1.50. The molecule has 6 nitrogen and oxygen atoms in total. The molecule has 2 atom stereocenters. The maximum Gasteiger partial charge on any atom is 0.343 e. The van der Waals surface area contributed by atoms with Gasteiger partial charge in [-0.25, -0.2) is 4.79 Å². The number of benzene rings is 1. The number of rotatable bonds is 2. The van der Waals surface area contributed by atoms with Crippen LogP contribution in [0.1, 0.15) is 26.3 Å².